The average Bonchev–Trinajstić information content (AvgIpc) is 2.25. The third-order valence-corrected chi connectivity index (χ3v) is 4.40. The summed E-state index contributed by atoms with van der Waals surface area (Å²) in [4.78, 5) is 0. The molecule has 17 heavy (non-hydrogen) atoms. The molecule has 0 amide bonds. The van der Waals surface area contributed by atoms with E-state index in [9.17, 15) is 5.11 Å². The lowest BCUT2D eigenvalue weighted by Crippen LogP contribution is -2.15. The maximum atomic E-state index is 10.3. The molecule has 2 unspecified atom stereocenters. The van der Waals surface area contributed by atoms with E-state index < -0.39 is 0 Å². The van der Waals surface area contributed by atoms with Crippen molar-refractivity contribution in [1.29, 1.82) is 0 Å². The van der Waals surface area contributed by atoms with Gasteiger partial charge in [-0.2, -0.15) is 0 Å². The summed E-state index contributed by atoms with van der Waals surface area (Å²) in [7, 11) is 0. The van der Waals surface area contributed by atoms with Crippen LogP contribution in [-0.4, -0.2) is 5.11 Å². The van der Waals surface area contributed by atoms with Crippen molar-refractivity contribution in [2.45, 2.75) is 52.1 Å². The number of benzene rings is 1. The predicted octanol–water partition coefficient (Wildman–Crippen LogP) is 4.28. The molecule has 1 nitrogen and oxygen atoms in total. The fraction of sp³-hybridized carbons (Fsp3) is 0.625. The van der Waals surface area contributed by atoms with Crippen molar-refractivity contribution in [2.75, 3.05) is 0 Å². The Morgan fingerprint density at radius 2 is 1.65 bits per heavy atom. The lowest BCUT2D eigenvalue weighted by Gasteiger charge is -2.27. The van der Waals surface area contributed by atoms with E-state index in [2.05, 4.69) is 45.0 Å². The first-order valence-electron chi connectivity index (χ1n) is 6.87. The van der Waals surface area contributed by atoms with Crippen molar-refractivity contribution in [3.05, 3.63) is 35.4 Å². The molecule has 0 aliphatic heterocycles. The van der Waals surface area contributed by atoms with Gasteiger partial charge in [-0.15, -0.1) is 0 Å². The Morgan fingerprint density at radius 3 is 2.06 bits per heavy atom. The zero-order valence-electron chi connectivity index (χ0n) is 11.2. The van der Waals surface area contributed by atoms with Crippen molar-refractivity contribution in [3.63, 3.8) is 0 Å². The third-order valence-electron chi connectivity index (χ3n) is 4.40. The second-order valence-electron chi connectivity index (χ2n) is 5.84. The van der Waals surface area contributed by atoms with Crippen LogP contribution in [0.1, 0.15) is 63.2 Å². The minimum atomic E-state index is -0.328. The highest BCUT2D eigenvalue weighted by molar-refractivity contribution is 5.28. The van der Waals surface area contributed by atoms with Crippen LogP contribution < -0.4 is 0 Å². The fourth-order valence-electron chi connectivity index (χ4n) is 2.38. The number of hydrogen-bond acceptors (Lipinski definition) is 1. The zero-order valence-corrected chi connectivity index (χ0v) is 11.2. The van der Waals surface area contributed by atoms with Gasteiger partial charge in [-0.25, -0.2) is 0 Å². The molecule has 0 radical (unpaired) electrons. The largest absolute Gasteiger partial charge is 0.388 e. The second kappa shape index (κ2) is 5.22. The molecule has 1 N–H and O–H groups in total. The van der Waals surface area contributed by atoms with Crippen LogP contribution in [0.2, 0.25) is 0 Å². The molecule has 1 heteroatoms. The predicted molar refractivity (Wildman–Crippen MR) is 72.0 cm³/mol. The van der Waals surface area contributed by atoms with Crippen LogP contribution in [0, 0.1) is 11.8 Å². The minimum Gasteiger partial charge on any atom is -0.388 e. The van der Waals surface area contributed by atoms with E-state index in [4.69, 9.17) is 0 Å². The van der Waals surface area contributed by atoms with Crippen LogP contribution in [0.5, 0.6) is 0 Å². The molecule has 1 fully saturated rings. The van der Waals surface area contributed by atoms with Crippen LogP contribution in [-0.2, 0) is 0 Å². The van der Waals surface area contributed by atoms with Crippen LogP contribution >= 0.6 is 0 Å². The van der Waals surface area contributed by atoms with Gasteiger partial charge in [0.2, 0.25) is 0 Å². The quantitative estimate of drug-likeness (QED) is 0.821. The molecule has 0 spiro atoms. The van der Waals surface area contributed by atoms with E-state index in [0.29, 0.717) is 11.8 Å². The standard InChI is InChI=1S/C16H24O/c1-11(2)12(3)16(17)15-9-7-14(8-10-15)13-5-4-6-13/h7-13,16-17H,4-6H2,1-3H3. The maximum Gasteiger partial charge on any atom is 0.0818 e. The van der Waals surface area contributed by atoms with Gasteiger partial charge in [0.25, 0.3) is 0 Å². The van der Waals surface area contributed by atoms with Crippen molar-refractivity contribution in [3.8, 4) is 0 Å². The van der Waals surface area contributed by atoms with Crippen LogP contribution in [0.4, 0.5) is 0 Å². The summed E-state index contributed by atoms with van der Waals surface area (Å²) in [5.74, 6) is 1.60. The van der Waals surface area contributed by atoms with Gasteiger partial charge in [-0.3, -0.25) is 0 Å². The topological polar surface area (TPSA) is 20.2 Å². The van der Waals surface area contributed by atoms with Gasteiger partial charge in [0.1, 0.15) is 0 Å². The van der Waals surface area contributed by atoms with Gasteiger partial charge in [-0.05, 0) is 41.7 Å². The summed E-state index contributed by atoms with van der Waals surface area (Å²) in [6.45, 7) is 6.45. The third kappa shape index (κ3) is 2.71. The van der Waals surface area contributed by atoms with E-state index in [0.717, 1.165) is 11.5 Å². The Balaban J connectivity index is 2.06. The van der Waals surface area contributed by atoms with E-state index in [-0.39, 0.29) is 6.10 Å². The first-order valence-corrected chi connectivity index (χ1v) is 6.87. The Morgan fingerprint density at radius 1 is 1.06 bits per heavy atom. The van der Waals surface area contributed by atoms with Crippen LogP contribution in [0.15, 0.2) is 24.3 Å². The van der Waals surface area contributed by atoms with Crippen molar-refractivity contribution in [2.24, 2.45) is 11.8 Å². The van der Waals surface area contributed by atoms with Crippen LogP contribution in [0.3, 0.4) is 0 Å². The summed E-state index contributed by atoms with van der Waals surface area (Å²) in [5, 5.41) is 10.3. The first-order chi connectivity index (χ1) is 8.09. The number of aliphatic hydroxyl groups excluding tert-OH is 1. The van der Waals surface area contributed by atoms with Gasteiger partial charge in [0.05, 0.1) is 6.10 Å². The summed E-state index contributed by atoms with van der Waals surface area (Å²) in [6, 6.07) is 8.62. The molecule has 1 aromatic carbocycles. The van der Waals surface area contributed by atoms with Crippen molar-refractivity contribution < 1.29 is 5.11 Å². The first kappa shape index (κ1) is 12.6. The maximum absolute atomic E-state index is 10.3. The Kier molecular flexibility index (Phi) is 3.88. The average molecular weight is 232 g/mol. The van der Waals surface area contributed by atoms with Gasteiger partial charge < -0.3 is 5.11 Å². The molecule has 1 aliphatic rings. The SMILES string of the molecule is CC(C)C(C)C(O)c1ccc(C2CCC2)cc1. The molecule has 0 aromatic heterocycles. The summed E-state index contributed by atoms with van der Waals surface area (Å²) in [5.41, 5.74) is 2.51. The molecule has 0 bridgehead atoms. The molecule has 2 atom stereocenters. The molecule has 94 valence electrons. The minimum absolute atomic E-state index is 0.310. The highest BCUT2D eigenvalue weighted by Gasteiger charge is 2.21. The fourth-order valence-corrected chi connectivity index (χ4v) is 2.38. The summed E-state index contributed by atoms with van der Waals surface area (Å²) < 4.78 is 0. The normalized spacial score (nSPS) is 20.1. The van der Waals surface area contributed by atoms with Gasteiger partial charge in [0.15, 0.2) is 0 Å². The Bertz CT molecular complexity index is 348. The van der Waals surface area contributed by atoms with Gasteiger partial charge in [-0.1, -0.05) is 51.5 Å². The van der Waals surface area contributed by atoms with Crippen LogP contribution in [0.25, 0.3) is 0 Å². The lowest BCUT2D eigenvalue weighted by molar-refractivity contribution is 0.0921. The highest BCUT2D eigenvalue weighted by atomic mass is 16.3. The van der Waals surface area contributed by atoms with Crippen molar-refractivity contribution in [1.82, 2.24) is 0 Å². The molecule has 0 saturated heterocycles. The highest BCUT2D eigenvalue weighted by Crippen LogP contribution is 2.37. The number of aliphatic hydroxyl groups is 1. The molecular formula is C16H24O. The van der Waals surface area contributed by atoms with Gasteiger partial charge >= 0.3 is 0 Å². The number of hydrogen-bond donors (Lipinski definition) is 1. The molecule has 2 rings (SSSR count). The van der Waals surface area contributed by atoms with Crippen molar-refractivity contribution >= 4 is 0 Å². The summed E-state index contributed by atoms with van der Waals surface area (Å²) in [6.07, 6.45) is 3.72. The second-order valence-corrected chi connectivity index (χ2v) is 5.84. The summed E-state index contributed by atoms with van der Waals surface area (Å²) >= 11 is 0. The number of rotatable bonds is 4. The lowest BCUT2D eigenvalue weighted by atomic mass is 9.79. The van der Waals surface area contributed by atoms with E-state index in [1.54, 1.807) is 0 Å². The Labute approximate surface area is 105 Å². The monoisotopic (exact) mass is 232 g/mol. The zero-order chi connectivity index (χ0) is 12.4. The van der Waals surface area contributed by atoms with E-state index in [1.165, 1.54) is 24.8 Å². The Hall–Kier alpha value is -0.820. The van der Waals surface area contributed by atoms with E-state index >= 15 is 0 Å². The molecule has 1 aromatic rings. The molecule has 0 heterocycles. The molecular weight excluding hydrogens is 208 g/mol. The van der Waals surface area contributed by atoms with Gasteiger partial charge in [0, 0.05) is 0 Å². The van der Waals surface area contributed by atoms with E-state index in [1.807, 2.05) is 0 Å². The molecule has 1 saturated carbocycles. The molecule has 1 aliphatic carbocycles. The smallest absolute Gasteiger partial charge is 0.0818 e.